The third-order valence-corrected chi connectivity index (χ3v) is 7.43. The highest BCUT2D eigenvalue weighted by atomic mass is 35.5. The van der Waals surface area contributed by atoms with Crippen molar-refractivity contribution in [3.8, 4) is 0 Å². The van der Waals surface area contributed by atoms with Gasteiger partial charge in [-0.05, 0) is 67.0 Å². The molecule has 1 aliphatic heterocycles. The molecule has 1 N–H and O–H groups in total. The molecule has 7 heteroatoms. The molecule has 2 aliphatic carbocycles. The van der Waals surface area contributed by atoms with E-state index in [2.05, 4.69) is 5.32 Å². The molecule has 0 aromatic heterocycles. The van der Waals surface area contributed by atoms with Gasteiger partial charge < -0.3 is 5.32 Å². The van der Waals surface area contributed by atoms with E-state index >= 15 is 0 Å². The van der Waals surface area contributed by atoms with Crippen molar-refractivity contribution in [3.05, 3.63) is 63.1 Å². The van der Waals surface area contributed by atoms with Crippen LogP contribution in [-0.2, 0) is 4.79 Å². The van der Waals surface area contributed by atoms with Gasteiger partial charge in [-0.25, -0.2) is 0 Å². The monoisotopic (exact) mass is 461 g/mol. The number of anilines is 1. The molecule has 1 amide bonds. The molecule has 2 fully saturated rings. The predicted octanol–water partition coefficient (Wildman–Crippen LogP) is 6.26. The lowest BCUT2D eigenvalue weighted by Crippen LogP contribution is -2.41. The summed E-state index contributed by atoms with van der Waals surface area (Å²) in [4.78, 5) is 13.1. The molecule has 2 saturated carbocycles. The van der Waals surface area contributed by atoms with Crippen molar-refractivity contribution >= 4 is 52.1 Å². The van der Waals surface area contributed by atoms with Gasteiger partial charge in [0.2, 0.25) is 0 Å². The van der Waals surface area contributed by atoms with E-state index in [0.29, 0.717) is 33.1 Å². The van der Waals surface area contributed by atoms with Crippen LogP contribution < -0.4 is 10.3 Å². The quantitative estimate of drug-likeness (QED) is 0.583. The van der Waals surface area contributed by atoms with E-state index in [1.54, 1.807) is 12.1 Å². The lowest BCUT2D eigenvalue weighted by Gasteiger charge is -2.25. The summed E-state index contributed by atoms with van der Waals surface area (Å²) in [5.74, 6) is 1.32. The van der Waals surface area contributed by atoms with Crippen LogP contribution in [0.25, 0.3) is 0 Å². The number of nitrogens with zero attached hydrogens (tertiary/aromatic N) is 2. The van der Waals surface area contributed by atoms with E-state index in [1.165, 1.54) is 19.3 Å². The fourth-order valence-electron chi connectivity index (χ4n) is 5.15. The standard InChI is InChI=1S/C23H22Cl3N3O/c24-16-5-3-14(4-6-16)22-12-20(23(30)27-19-10-13-1-2-15(19)9-13)28-29(22)21-8-7-17(25)11-18(21)26/h3-8,11,13,15,19,22H,1-2,9-10,12H2,(H,27,30). The molecule has 2 bridgehead atoms. The molecule has 3 aliphatic rings. The molecule has 2 aromatic rings. The Bertz CT molecular complexity index is 1010. The van der Waals surface area contributed by atoms with Crippen LogP contribution in [0.4, 0.5) is 5.69 Å². The van der Waals surface area contributed by atoms with Crippen molar-refractivity contribution in [2.24, 2.45) is 16.9 Å². The maximum absolute atomic E-state index is 13.1. The number of rotatable bonds is 4. The number of hydrazone groups is 1. The minimum atomic E-state index is -0.137. The van der Waals surface area contributed by atoms with Gasteiger partial charge in [0, 0.05) is 22.5 Å². The Labute approximate surface area is 191 Å². The van der Waals surface area contributed by atoms with Crippen LogP contribution in [0, 0.1) is 11.8 Å². The van der Waals surface area contributed by atoms with Crippen LogP contribution in [0.1, 0.15) is 43.7 Å². The zero-order chi connectivity index (χ0) is 20.8. The van der Waals surface area contributed by atoms with E-state index in [4.69, 9.17) is 39.9 Å². The number of hydrogen-bond acceptors (Lipinski definition) is 3. The van der Waals surface area contributed by atoms with Crippen LogP contribution in [0.5, 0.6) is 0 Å². The number of hydrogen-bond donors (Lipinski definition) is 1. The van der Waals surface area contributed by atoms with Crippen molar-refractivity contribution in [2.45, 2.75) is 44.2 Å². The summed E-state index contributed by atoms with van der Waals surface area (Å²) in [6.45, 7) is 0. The third kappa shape index (κ3) is 3.81. The van der Waals surface area contributed by atoms with Gasteiger partial charge in [0.05, 0.1) is 16.8 Å². The largest absolute Gasteiger partial charge is 0.348 e. The van der Waals surface area contributed by atoms with Gasteiger partial charge in [0.1, 0.15) is 5.71 Å². The van der Waals surface area contributed by atoms with Gasteiger partial charge in [-0.1, -0.05) is 53.4 Å². The average molecular weight is 463 g/mol. The van der Waals surface area contributed by atoms with Crippen LogP contribution in [0.3, 0.4) is 0 Å². The molecule has 2 aromatic carbocycles. The summed E-state index contributed by atoms with van der Waals surface area (Å²) in [6, 6.07) is 13.1. The van der Waals surface area contributed by atoms with Crippen molar-refractivity contribution in [1.29, 1.82) is 0 Å². The molecule has 0 radical (unpaired) electrons. The first-order chi connectivity index (χ1) is 14.5. The topological polar surface area (TPSA) is 44.7 Å². The lowest BCUT2D eigenvalue weighted by molar-refractivity contribution is -0.115. The van der Waals surface area contributed by atoms with Crippen LogP contribution in [0.2, 0.25) is 15.1 Å². The Balaban J connectivity index is 1.43. The minimum absolute atomic E-state index is 0.0703. The maximum Gasteiger partial charge on any atom is 0.267 e. The molecule has 4 nitrogen and oxygen atoms in total. The lowest BCUT2D eigenvalue weighted by atomic mass is 9.95. The highest BCUT2D eigenvalue weighted by Gasteiger charge is 2.41. The second-order valence-electron chi connectivity index (χ2n) is 8.51. The summed E-state index contributed by atoms with van der Waals surface area (Å²) in [5, 5.41) is 11.5. The first-order valence-corrected chi connectivity index (χ1v) is 11.5. The van der Waals surface area contributed by atoms with Gasteiger partial charge in [-0.3, -0.25) is 9.80 Å². The summed E-state index contributed by atoms with van der Waals surface area (Å²) in [7, 11) is 0. The Hall–Kier alpha value is -1.75. The highest BCUT2D eigenvalue weighted by molar-refractivity contribution is 6.40. The number of amides is 1. The number of benzene rings is 2. The molecule has 0 spiro atoms. The Morgan fingerprint density at radius 3 is 2.43 bits per heavy atom. The van der Waals surface area contributed by atoms with Gasteiger partial charge in [0.25, 0.3) is 5.91 Å². The van der Waals surface area contributed by atoms with E-state index in [1.807, 2.05) is 35.3 Å². The van der Waals surface area contributed by atoms with Crippen LogP contribution in [-0.4, -0.2) is 17.7 Å². The number of fused-ring (bicyclic) bond motifs is 2. The molecule has 0 saturated heterocycles. The number of carbonyl (C=O) groups excluding carboxylic acids is 1. The molecule has 5 rings (SSSR count). The molecule has 30 heavy (non-hydrogen) atoms. The summed E-state index contributed by atoms with van der Waals surface area (Å²) in [5.41, 5.74) is 2.28. The molecule has 156 valence electrons. The second kappa shape index (κ2) is 8.07. The Morgan fingerprint density at radius 1 is 1.00 bits per heavy atom. The summed E-state index contributed by atoms with van der Waals surface area (Å²) < 4.78 is 0. The zero-order valence-electron chi connectivity index (χ0n) is 16.3. The molecule has 4 unspecified atom stereocenters. The Kier molecular flexibility index (Phi) is 5.42. The van der Waals surface area contributed by atoms with E-state index < -0.39 is 0 Å². The normalized spacial score (nSPS) is 27.4. The summed E-state index contributed by atoms with van der Waals surface area (Å²) in [6.07, 6.45) is 5.38. The van der Waals surface area contributed by atoms with Crippen molar-refractivity contribution in [3.63, 3.8) is 0 Å². The Morgan fingerprint density at radius 2 is 1.77 bits per heavy atom. The van der Waals surface area contributed by atoms with Gasteiger partial charge in [-0.15, -0.1) is 0 Å². The third-order valence-electron chi connectivity index (χ3n) is 6.64. The second-order valence-corrected chi connectivity index (χ2v) is 9.79. The highest BCUT2D eigenvalue weighted by Crippen LogP contribution is 2.45. The maximum atomic E-state index is 13.1. The first-order valence-electron chi connectivity index (χ1n) is 10.4. The van der Waals surface area contributed by atoms with Crippen LogP contribution >= 0.6 is 34.8 Å². The van der Waals surface area contributed by atoms with Gasteiger partial charge in [0.15, 0.2) is 0 Å². The van der Waals surface area contributed by atoms with Crippen LogP contribution in [0.15, 0.2) is 47.6 Å². The van der Waals surface area contributed by atoms with E-state index in [0.717, 1.165) is 23.6 Å². The number of nitrogens with one attached hydrogen (secondary N) is 1. The molecular formula is C23H22Cl3N3O. The minimum Gasteiger partial charge on any atom is -0.348 e. The molecular weight excluding hydrogens is 441 g/mol. The van der Waals surface area contributed by atoms with Crippen molar-refractivity contribution in [1.82, 2.24) is 5.32 Å². The number of carbonyl (C=O) groups is 1. The summed E-state index contributed by atoms with van der Waals surface area (Å²) >= 11 is 18.6. The van der Waals surface area contributed by atoms with E-state index in [-0.39, 0.29) is 18.0 Å². The van der Waals surface area contributed by atoms with Gasteiger partial charge in [-0.2, -0.15) is 5.10 Å². The predicted molar refractivity (Wildman–Crippen MR) is 123 cm³/mol. The zero-order valence-corrected chi connectivity index (χ0v) is 18.6. The smallest absolute Gasteiger partial charge is 0.267 e. The average Bonchev–Trinajstić information content (AvgIpc) is 3.44. The van der Waals surface area contributed by atoms with E-state index in [9.17, 15) is 4.79 Å². The van der Waals surface area contributed by atoms with Crippen molar-refractivity contribution < 1.29 is 4.79 Å². The fraction of sp³-hybridized carbons (Fsp3) is 0.391. The fourth-order valence-corrected chi connectivity index (χ4v) is 5.78. The van der Waals surface area contributed by atoms with Gasteiger partial charge >= 0.3 is 0 Å². The van der Waals surface area contributed by atoms with Crippen molar-refractivity contribution in [2.75, 3.05) is 5.01 Å². The first kappa shape index (κ1) is 20.2. The number of halogens is 3. The molecule has 4 atom stereocenters. The SMILES string of the molecule is O=C(NC1CC2CCC1C2)C1=NN(c2ccc(Cl)cc2Cl)C(c2ccc(Cl)cc2)C1. The molecule has 1 heterocycles.